The number of rotatable bonds is 6. The van der Waals surface area contributed by atoms with Crippen molar-refractivity contribution in [2.45, 2.75) is 25.7 Å². The van der Waals surface area contributed by atoms with E-state index in [9.17, 15) is 4.79 Å². The quantitative estimate of drug-likeness (QED) is 0.752. The van der Waals surface area contributed by atoms with Crippen molar-refractivity contribution in [3.63, 3.8) is 0 Å². The molecular weight excluding hydrogens is 248 g/mol. The van der Waals surface area contributed by atoms with Crippen LogP contribution in [0, 0.1) is 0 Å². The van der Waals surface area contributed by atoms with E-state index in [1.165, 1.54) is 5.56 Å². The van der Waals surface area contributed by atoms with Gasteiger partial charge in [-0.05, 0) is 37.0 Å². The Bertz CT molecular complexity index is 525. The lowest BCUT2D eigenvalue weighted by atomic mass is 10.1. The third kappa shape index (κ3) is 4.19. The summed E-state index contributed by atoms with van der Waals surface area (Å²) in [4.78, 5) is 17.7. The minimum absolute atomic E-state index is 0.157. The predicted octanol–water partition coefficient (Wildman–Crippen LogP) is 3.46. The highest BCUT2D eigenvalue weighted by Gasteiger charge is 2.09. The molecule has 1 heterocycles. The smallest absolute Gasteiger partial charge is 0.226 e. The number of anilines is 1. The molecule has 1 amide bonds. The Labute approximate surface area is 120 Å². The SMILES string of the molecule is CN(C(=O)CCCCc1ccccc1)c1ccncc1. The summed E-state index contributed by atoms with van der Waals surface area (Å²) in [6.07, 6.45) is 6.99. The first-order valence-corrected chi connectivity index (χ1v) is 6.98. The molecule has 0 unspecified atom stereocenters. The summed E-state index contributed by atoms with van der Waals surface area (Å²) in [6, 6.07) is 14.1. The molecule has 0 fully saturated rings. The van der Waals surface area contributed by atoms with E-state index in [1.54, 1.807) is 17.3 Å². The summed E-state index contributed by atoms with van der Waals surface area (Å²) in [7, 11) is 1.81. The molecule has 3 nitrogen and oxygen atoms in total. The zero-order chi connectivity index (χ0) is 14.2. The summed E-state index contributed by atoms with van der Waals surface area (Å²) >= 11 is 0. The van der Waals surface area contributed by atoms with Crippen LogP contribution in [-0.2, 0) is 11.2 Å². The van der Waals surface area contributed by atoms with Gasteiger partial charge in [0.15, 0.2) is 0 Å². The van der Waals surface area contributed by atoms with Gasteiger partial charge in [-0.2, -0.15) is 0 Å². The average molecular weight is 268 g/mol. The Kier molecular flexibility index (Phi) is 5.30. The predicted molar refractivity (Wildman–Crippen MR) is 81.6 cm³/mol. The molecule has 0 spiro atoms. The van der Waals surface area contributed by atoms with Crippen LogP contribution in [0.1, 0.15) is 24.8 Å². The minimum Gasteiger partial charge on any atom is -0.315 e. The number of amides is 1. The monoisotopic (exact) mass is 268 g/mol. The maximum Gasteiger partial charge on any atom is 0.226 e. The normalized spacial score (nSPS) is 10.2. The van der Waals surface area contributed by atoms with Crippen molar-refractivity contribution in [2.24, 2.45) is 0 Å². The molecule has 2 aromatic rings. The number of pyridine rings is 1. The number of aromatic nitrogens is 1. The van der Waals surface area contributed by atoms with Crippen molar-refractivity contribution in [1.82, 2.24) is 4.98 Å². The second kappa shape index (κ2) is 7.43. The lowest BCUT2D eigenvalue weighted by Gasteiger charge is -2.16. The van der Waals surface area contributed by atoms with E-state index in [-0.39, 0.29) is 5.91 Å². The van der Waals surface area contributed by atoms with Crippen LogP contribution in [0.3, 0.4) is 0 Å². The van der Waals surface area contributed by atoms with Gasteiger partial charge in [0.1, 0.15) is 0 Å². The van der Waals surface area contributed by atoms with Gasteiger partial charge in [-0.25, -0.2) is 0 Å². The Morgan fingerprint density at radius 1 is 1.05 bits per heavy atom. The van der Waals surface area contributed by atoms with Crippen LogP contribution in [0.2, 0.25) is 0 Å². The Morgan fingerprint density at radius 2 is 1.75 bits per heavy atom. The standard InChI is InChI=1S/C17H20N2O/c1-19(16-11-13-18-14-12-16)17(20)10-6-5-9-15-7-3-2-4-8-15/h2-4,7-8,11-14H,5-6,9-10H2,1H3. The highest BCUT2D eigenvalue weighted by Crippen LogP contribution is 2.13. The fourth-order valence-corrected chi connectivity index (χ4v) is 2.13. The average Bonchev–Trinajstić information content (AvgIpc) is 2.52. The van der Waals surface area contributed by atoms with Crippen LogP contribution in [0.5, 0.6) is 0 Å². The number of carbonyl (C=O) groups is 1. The molecule has 0 aliphatic rings. The second-order valence-corrected chi connectivity index (χ2v) is 4.85. The Hall–Kier alpha value is -2.16. The van der Waals surface area contributed by atoms with Crippen LogP contribution in [0.25, 0.3) is 0 Å². The highest BCUT2D eigenvalue weighted by molar-refractivity contribution is 5.92. The lowest BCUT2D eigenvalue weighted by molar-refractivity contribution is -0.118. The van der Waals surface area contributed by atoms with Gasteiger partial charge in [-0.15, -0.1) is 0 Å². The Morgan fingerprint density at radius 3 is 2.45 bits per heavy atom. The first kappa shape index (κ1) is 14.3. The number of hydrogen-bond acceptors (Lipinski definition) is 2. The van der Waals surface area contributed by atoms with Gasteiger partial charge < -0.3 is 4.90 Å². The van der Waals surface area contributed by atoms with Gasteiger partial charge >= 0.3 is 0 Å². The maximum atomic E-state index is 12.1. The summed E-state index contributed by atoms with van der Waals surface area (Å²) in [5.41, 5.74) is 2.23. The van der Waals surface area contributed by atoms with Gasteiger partial charge in [-0.1, -0.05) is 30.3 Å². The molecule has 3 heteroatoms. The first-order chi connectivity index (χ1) is 9.77. The molecule has 0 saturated carbocycles. The largest absolute Gasteiger partial charge is 0.315 e. The Balaban J connectivity index is 1.73. The van der Waals surface area contributed by atoms with E-state index in [0.717, 1.165) is 24.9 Å². The van der Waals surface area contributed by atoms with Crippen LogP contribution < -0.4 is 4.90 Å². The minimum atomic E-state index is 0.157. The third-order valence-corrected chi connectivity index (χ3v) is 3.37. The van der Waals surface area contributed by atoms with Gasteiger partial charge in [0.2, 0.25) is 5.91 Å². The summed E-state index contributed by atoms with van der Waals surface area (Å²) in [5.74, 6) is 0.157. The van der Waals surface area contributed by atoms with E-state index >= 15 is 0 Å². The van der Waals surface area contributed by atoms with Crippen molar-refractivity contribution in [3.8, 4) is 0 Å². The molecule has 1 aromatic carbocycles. The molecule has 0 bridgehead atoms. The fourth-order valence-electron chi connectivity index (χ4n) is 2.13. The number of aryl methyl sites for hydroxylation is 1. The molecule has 0 aliphatic carbocycles. The van der Waals surface area contributed by atoms with Gasteiger partial charge in [0, 0.05) is 31.5 Å². The summed E-state index contributed by atoms with van der Waals surface area (Å²) in [5, 5.41) is 0. The van der Waals surface area contributed by atoms with Crippen molar-refractivity contribution in [1.29, 1.82) is 0 Å². The van der Waals surface area contributed by atoms with E-state index in [0.29, 0.717) is 6.42 Å². The summed E-state index contributed by atoms with van der Waals surface area (Å²) in [6.45, 7) is 0. The molecular formula is C17H20N2O. The van der Waals surface area contributed by atoms with Crippen LogP contribution in [0.15, 0.2) is 54.9 Å². The molecule has 104 valence electrons. The molecule has 20 heavy (non-hydrogen) atoms. The highest BCUT2D eigenvalue weighted by atomic mass is 16.2. The molecule has 0 aliphatic heterocycles. The van der Waals surface area contributed by atoms with Crippen LogP contribution in [-0.4, -0.2) is 17.9 Å². The molecule has 0 saturated heterocycles. The first-order valence-electron chi connectivity index (χ1n) is 6.98. The molecule has 0 atom stereocenters. The number of benzene rings is 1. The zero-order valence-corrected chi connectivity index (χ0v) is 11.8. The fraction of sp³-hybridized carbons (Fsp3) is 0.294. The van der Waals surface area contributed by atoms with Crippen molar-refractivity contribution in [3.05, 3.63) is 60.4 Å². The number of carbonyl (C=O) groups excluding carboxylic acids is 1. The molecule has 0 N–H and O–H groups in total. The number of hydrogen-bond donors (Lipinski definition) is 0. The molecule has 0 radical (unpaired) electrons. The van der Waals surface area contributed by atoms with Gasteiger partial charge in [0.25, 0.3) is 0 Å². The van der Waals surface area contributed by atoms with E-state index in [2.05, 4.69) is 29.2 Å². The second-order valence-electron chi connectivity index (χ2n) is 4.85. The topological polar surface area (TPSA) is 33.2 Å². The molecule has 2 rings (SSSR count). The van der Waals surface area contributed by atoms with Crippen LogP contribution in [0.4, 0.5) is 5.69 Å². The van der Waals surface area contributed by atoms with E-state index < -0.39 is 0 Å². The van der Waals surface area contributed by atoms with Gasteiger partial charge in [0.05, 0.1) is 0 Å². The van der Waals surface area contributed by atoms with Crippen molar-refractivity contribution < 1.29 is 4.79 Å². The third-order valence-electron chi connectivity index (χ3n) is 3.37. The van der Waals surface area contributed by atoms with Crippen LogP contribution >= 0.6 is 0 Å². The molecule has 1 aromatic heterocycles. The summed E-state index contributed by atoms with van der Waals surface area (Å²) < 4.78 is 0. The van der Waals surface area contributed by atoms with E-state index in [1.807, 2.05) is 25.2 Å². The lowest BCUT2D eigenvalue weighted by Crippen LogP contribution is -2.25. The maximum absolute atomic E-state index is 12.1. The van der Waals surface area contributed by atoms with Crippen molar-refractivity contribution >= 4 is 11.6 Å². The number of nitrogens with zero attached hydrogens (tertiary/aromatic N) is 2. The number of unbranched alkanes of at least 4 members (excludes halogenated alkanes) is 1. The van der Waals surface area contributed by atoms with Crippen molar-refractivity contribution in [2.75, 3.05) is 11.9 Å². The zero-order valence-electron chi connectivity index (χ0n) is 11.8. The van der Waals surface area contributed by atoms with Gasteiger partial charge in [-0.3, -0.25) is 9.78 Å². The van der Waals surface area contributed by atoms with E-state index in [4.69, 9.17) is 0 Å².